The minimum Gasteiger partial charge on any atom is -0.346 e. The summed E-state index contributed by atoms with van der Waals surface area (Å²) in [5.74, 6) is -0.0985. The number of carbonyl (C=O) groups is 1. The van der Waals surface area contributed by atoms with Crippen LogP contribution >= 0.6 is 23.7 Å². The lowest BCUT2D eigenvalue weighted by molar-refractivity contribution is 0.0917. The molecule has 6 heteroatoms. The molecule has 1 aliphatic rings. The predicted octanol–water partition coefficient (Wildman–Crippen LogP) is 1.56. The average Bonchev–Trinajstić information content (AvgIpc) is 2.74. The fourth-order valence-electron chi connectivity index (χ4n) is 1.91. The van der Waals surface area contributed by atoms with E-state index in [4.69, 9.17) is 5.73 Å². The first kappa shape index (κ1) is 13.4. The van der Waals surface area contributed by atoms with Crippen molar-refractivity contribution >= 4 is 29.7 Å². The third-order valence-corrected chi connectivity index (χ3v) is 3.39. The predicted molar refractivity (Wildman–Crippen MR) is 67.1 cm³/mol. The Hall–Kier alpha value is -0.650. The molecule has 0 bridgehead atoms. The van der Waals surface area contributed by atoms with Crippen LogP contribution in [-0.4, -0.2) is 23.0 Å². The van der Waals surface area contributed by atoms with Gasteiger partial charge in [-0.05, 0) is 12.8 Å². The van der Waals surface area contributed by atoms with E-state index < -0.39 is 0 Å². The summed E-state index contributed by atoms with van der Waals surface area (Å²) in [5, 5.41) is 4.70. The van der Waals surface area contributed by atoms with Gasteiger partial charge in [0.05, 0.1) is 5.51 Å². The quantitative estimate of drug-likeness (QED) is 0.849. The number of rotatable bonds is 2. The summed E-state index contributed by atoms with van der Waals surface area (Å²) in [6.45, 7) is 0. The van der Waals surface area contributed by atoms with E-state index in [9.17, 15) is 4.79 Å². The molecule has 2 atom stereocenters. The number of amides is 1. The van der Waals surface area contributed by atoms with Crippen molar-refractivity contribution in [3.63, 3.8) is 0 Å². The number of nitrogens with two attached hydrogens (primary N) is 1. The molecule has 0 unspecified atom stereocenters. The highest BCUT2D eigenvalue weighted by atomic mass is 35.5. The maximum absolute atomic E-state index is 11.7. The van der Waals surface area contributed by atoms with Gasteiger partial charge in [-0.25, -0.2) is 4.98 Å². The van der Waals surface area contributed by atoms with Crippen LogP contribution in [-0.2, 0) is 0 Å². The molecule has 3 N–H and O–H groups in total. The Bertz CT molecular complexity index is 331. The summed E-state index contributed by atoms with van der Waals surface area (Å²) in [4.78, 5) is 15.7. The van der Waals surface area contributed by atoms with Crippen molar-refractivity contribution < 1.29 is 4.79 Å². The van der Waals surface area contributed by atoms with Crippen molar-refractivity contribution in [2.24, 2.45) is 5.73 Å². The van der Waals surface area contributed by atoms with E-state index >= 15 is 0 Å². The van der Waals surface area contributed by atoms with E-state index in [0.717, 1.165) is 19.3 Å². The molecule has 1 aromatic heterocycles. The molecule has 1 heterocycles. The Morgan fingerprint density at radius 2 is 2.25 bits per heavy atom. The van der Waals surface area contributed by atoms with Crippen molar-refractivity contribution in [3.8, 4) is 0 Å². The number of aromatic nitrogens is 1. The maximum Gasteiger partial charge on any atom is 0.271 e. The van der Waals surface area contributed by atoms with E-state index in [0.29, 0.717) is 5.69 Å². The van der Waals surface area contributed by atoms with Crippen molar-refractivity contribution in [2.45, 2.75) is 37.8 Å². The van der Waals surface area contributed by atoms with Crippen LogP contribution < -0.4 is 11.1 Å². The van der Waals surface area contributed by atoms with Gasteiger partial charge in [0.15, 0.2) is 0 Å². The van der Waals surface area contributed by atoms with E-state index in [-0.39, 0.29) is 30.4 Å². The van der Waals surface area contributed by atoms with Gasteiger partial charge in [0, 0.05) is 17.5 Å². The van der Waals surface area contributed by atoms with Gasteiger partial charge in [0.2, 0.25) is 0 Å². The van der Waals surface area contributed by atoms with Gasteiger partial charge in [-0.2, -0.15) is 0 Å². The first-order valence-electron chi connectivity index (χ1n) is 5.22. The normalized spacial score (nSPS) is 24.6. The molecule has 0 aliphatic heterocycles. The largest absolute Gasteiger partial charge is 0.346 e. The second-order valence-electron chi connectivity index (χ2n) is 3.90. The van der Waals surface area contributed by atoms with Crippen molar-refractivity contribution in [1.82, 2.24) is 10.3 Å². The number of carbonyl (C=O) groups excluding carboxylic acids is 1. The molecule has 2 rings (SSSR count). The molecule has 0 aromatic carbocycles. The van der Waals surface area contributed by atoms with Crippen LogP contribution in [0.5, 0.6) is 0 Å². The molecule has 90 valence electrons. The molecule has 4 nitrogen and oxygen atoms in total. The zero-order valence-corrected chi connectivity index (χ0v) is 10.5. The first-order chi connectivity index (χ1) is 7.27. The summed E-state index contributed by atoms with van der Waals surface area (Å²) >= 11 is 1.43. The number of hydrogen-bond donors (Lipinski definition) is 2. The second-order valence-corrected chi connectivity index (χ2v) is 4.62. The van der Waals surface area contributed by atoms with Gasteiger partial charge in [0.1, 0.15) is 5.69 Å². The zero-order valence-electron chi connectivity index (χ0n) is 8.89. The lowest BCUT2D eigenvalue weighted by atomic mass is 9.91. The molecule has 0 radical (unpaired) electrons. The summed E-state index contributed by atoms with van der Waals surface area (Å²) in [6.07, 6.45) is 4.30. The van der Waals surface area contributed by atoms with E-state index in [2.05, 4.69) is 10.3 Å². The molecule has 1 aromatic rings. The smallest absolute Gasteiger partial charge is 0.271 e. The third-order valence-electron chi connectivity index (χ3n) is 2.80. The molecule has 0 saturated heterocycles. The summed E-state index contributed by atoms with van der Waals surface area (Å²) in [5.41, 5.74) is 8.11. The maximum atomic E-state index is 11.7. The Labute approximate surface area is 105 Å². The van der Waals surface area contributed by atoms with Crippen LogP contribution in [0, 0.1) is 0 Å². The van der Waals surface area contributed by atoms with Crippen LogP contribution in [0.15, 0.2) is 10.9 Å². The van der Waals surface area contributed by atoms with Gasteiger partial charge in [-0.1, -0.05) is 12.8 Å². The van der Waals surface area contributed by atoms with Gasteiger partial charge >= 0.3 is 0 Å². The van der Waals surface area contributed by atoms with Crippen LogP contribution in [0.4, 0.5) is 0 Å². The Balaban J connectivity index is 0.00000128. The van der Waals surface area contributed by atoms with Gasteiger partial charge in [-0.15, -0.1) is 23.7 Å². The van der Waals surface area contributed by atoms with Crippen LogP contribution in [0.25, 0.3) is 0 Å². The zero-order chi connectivity index (χ0) is 10.7. The van der Waals surface area contributed by atoms with Gasteiger partial charge in [-0.3, -0.25) is 4.79 Å². The third kappa shape index (κ3) is 3.17. The van der Waals surface area contributed by atoms with E-state index in [1.807, 2.05) is 0 Å². The van der Waals surface area contributed by atoms with Crippen LogP contribution in [0.1, 0.15) is 36.2 Å². The molecular weight excluding hydrogens is 246 g/mol. The van der Waals surface area contributed by atoms with Crippen LogP contribution in [0.3, 0.4) is 0 Å². The number of hydrogen-bond acceptors (Lipinski definition) is 4. The average molecular weight is 262 g/mol. The number of nitrogens with zero attached hydrogens (tertiary/aromatic N) is 1. The topological polar surface area (TPSA) is 68.0 Å². The lowest BCUT2D eigenvalue weighted by Gasteiger charge is -2.28. The fraction of sp³-hybridized carbons (Fsp3) is 0.600. The molecule has 16 heavy (non-hydrogen) atoms. The highest BCUT2D eigenvalue weighted by Gasteiger charge is 2.23. The Kier molecular flexibility index (Phi) is 5.18. The summed E-state index contributed by atoms with van der Waals surface area (Å²) in [7, 11) is 0. The fourth-order valence-corrected chi connectivity index (χ4v) is 2.44. The van der Waals surface area contributed by atoms with Crippen molar-refractivity contribution in [2.75, 3.05) is 0 Å². The van der Waals surface area contributed by atoms with Crippen molar-refractivity contribution in [3.05, 3.63) is 16.6 Å². The minimum absolute atomic E-state index is 0. The molecule has 0 spiro atoms. The lowest BCUT2D eigenvalue weighted by Crippen LogP contribution is -2.49. The number of thiazole rings is 1. The second kappa shape index (κ2) is 6.18. The number of nitrogens with one attached hydrogen (secondary N) is 1. The van der Waals surface area contributed by atoms with Gasteiger partial charge in [0.25, 0.3) is 5.91 Å². The van der Waals surface area contributed by atoms with E-state index in [1.54, 1.807) is 10.9 Å². The Morgan fingerprint density at radius 3 is 2.88 bits per heavy atom. The molecule has 1 saturated carbocycles. The number of halogens is 1. The van der Waals surface area contributed by atoms with Crippen LogP contribution in [0.2, 0.25) is 0 Å². The standard InChI is InChI=1S/C10H15N3OS.ClH/c11-7-3-1-2-4-8(7)13-10(14)9-5-15-6-12-9;/h5-8H,1-4,11H2,(H,13,14);1H/t7-,8-;/m1./s1. The molecule has 1 fully saturated rings. The molecule has 1 amide bonds. The molecule has 1 aliphatic carbocycles. The monoisotopic (exact) mass is 261 g/mol. The Morgan fingerprint density at radius 1 is 1.50 bits per heavy atom. The van der Waals surface area contributed by atoms with Crippen molar-refractivity contribution in [1.29, 1.82) is 0 Å². The molecular formula is C10H16ClN3OS. The van der Waals surface area contributed by atoms with Gasteiger partial charge < -0.3 is 11.1 Å². The first-order valence-corrected chi connectivity index (χ1v) is 6.16. The highest BCUT2D eigenvalue weighted by Crippen LogP contribution is 2.17. The summed E-state index contributed by atoms with van der Waals surface area (Å²) < 4.78 is 0. The summed E-state index contributed by atoms with van der Waals surface area (Å²) in [6, 6.07) is 0.217. The van der Waals surface area contributed by atoms with E-state index in [1.165, 1.54) is 17.8 Å². The minimum atomic E-state index is -0.0985. The highest BCUT2D eigenvalue weighted by molar-refractivity contribution is 7.07. The SMILES string of the molecule is Cl.N[C@@H]1CCCC[C@H]1NC(=O)c1cscn1.